The van der Waals surface area contributed by atoms with Crippen LogP contribution in [0.2, 0.25) is 0 Å². The minimum absolute atomic E-state index is 0.0650. The lowest BCUT2D eigenvalue weighted by molar-refractivity contribution is -0.113. The molecule has 0 bridgehead atoms. The lowest BCUT2D eigenvalue weighted by atomic mass is 10.1. The number of carbonyl (C=O) groups is 3. The van der Waals surface area contributed by atoms with Gasteiger partial charge in [-0.15, -0.1) is 10.2 Å². The molecule has 0 spiro atoms. The fourth-order valence-corrected chi connectivity index (χ4v) is 3.28. The van der Waals surface area contributed by atoms with Gasteiger partial charge in [-0.2, -0.15) is 0 Å². The quantitative estimate of drug-likeness (QED) is 0.355. The molecule has 1 amide bonds. The Morgan fingerprint density at radius 3 is 2.59 bits per heavy atom. The van der Waals surface area contributed by atoms with Crippen LogP contribution in [0.25, 0.3) is 0 Å². The maximum atomic E-state index is 12.4. The minimum Gasteiger partial charge on any atom is -0.465 e. The van der Waals surface area contributed by atoms with Gasteiger partial charge in [0.15, 0.2) is 5.16 Å². The molecule has 9 nitrogen and oxygen atoms in total. The van der Waals surface area contributed by atoms with Crippen LogP contribution in [0.5, 0.6) is 0 Å². The Kier molecular flexibility index (Phi) is 8.66. The van der Waals surface area contributed by atoms with E-state index in [1.165, 1.54) is 44.2 Å². The first-order valence-electron chi connectivity index (χ1n) is 9.11. The van der Waals surface area contributed by atoms with Gasteiger partial charge in [-0.25, -0.2) is 9.59 Å². The molecule has 10 heteroatoms. The number of benzene rings is 1. The summed E-state index contributed by atoms with van der Waals surface area (Å²) in [4.78, 5) is 36.2. The number of amides is 1. The summed E-state index contributed by atoms with van der Waals surface area (Å²) in [7, 11) is 2.49. The van der Waals surface area contributed by atoms with Crippen molar-refractivity contribution in [1.29, 1.82) is 0 Å². The number of unbranched alkanes of at least 4 members (excludes halogenated alkanes) is 2. The summed E-state index contributed by atoms with van der Waals surface area (Å²) in [6.07, 6.45) is 4.87. The Balaban J connectivity index is 2.07. The van der Waals surface area contributed by atoms with Gasteiger partial charge in [0.1, 0.15) is 6.33 Å². The third-order valence-electron chi connectivity index (χ3n) is 4.04. The molecule has 0 fully saturated rings. The highest BCUT2D eigenvalue weighted by atomic mass is 32.2. The third kappa shape index (κ3) is 6.31. The highest BCUT2D eigenvalue weighted by molar-refractivity contribution is 7.99. The monoisotopic (exact) mass is 420 g/mol. The first kappa shape index (κ1) is 22.4. The number of nitrogens with zero attached hydrogens (tertiary/aromatic N) is 3. The summed E-state index contributed by atoms with van der Waals surface area (Å²) in [6.45, 7) is 2.92. The third-order valence-corrected chi connectivity index (χ3v) is 5.02. The molecule has 1 heterocycles. The number of aromatic nitrogens is 3. The first-order valence-corrected chi connectivity index (χ1v) is 10.1. The van der Waals surface area contributed by atoms with Crippen LogP contribution in [0.3, 0.4) is 0 Å². The Bertz CT molecular complexity index is 868. The topological polar surface area (TPSA) is 112 Å². The van der Waals surface area contributed by atoms with Crippen molar-refractivity contribution in [2.75, 3.05) is 25.3 Å². The van der Waals surface area contributed by atoms with E-state index in [0.29, 0.717) is 5.16 Å². The summed E-state index contributed by atoms with van der Waals surface area (Å²) in [5, 5.41) is 11.2. The molecule has 0 atom stereocenters. The van der Waals surface area contributed by atoms with E-state index < -0.39 is 11.9 Å². The van der Waals surface area contributed by atoms with Gasteiger partial charge in [0, 0.05) is 6.54 Å². The van der Waals surface area contributed by atoms with Crippen LogP contribution >= 0.6 is 11.8 Å². The number of rotatable bonds is 10. The molecule has 29 heavy (non-hydrogen) atoms. The Morgan fingerprint density at radius 1 is 1.14 bits per heavy atom. The Morgan fingerprint density at radius 2 is 1.90 bits per heavy atom. The molecule has 0 unspecified atom stereocenters. The van der Waals surface area contributed by atoms with E-state index in [1.54, 1.807) is 6.33 Å². The van der Waals surface area contributed by atoms with Gasteiger partial charge in [-0.3, -0.25) is 4.79 Å². The second kappa shape index (κ2) is 11.2. The van der Waals surface area contributed by atoms with Crippen molar-refractivity contribution in [2.24, 2.45) is 0 Å². The largest absolute Gasteiger partial charge is 0.465 e. The second-order valence-corrected chi connectivity index (χ2v) is 7.04. The van der Waals surface area contributed by atoms with Gasteiger partial charge in [-0.05, 0) is 24.6 Å². The molecule has 0 aliphatic carbocycles. The molecule has 0 saturated carbocycles. The second-order valence-electron chi connectivity index (χ2n) is 6.09. The van der Waals surface area contributed by atoms with Gasteiger partial charge in [0.2, 0.25) is 5.91 Å². The van der Waals surface area contributed by atoms with E-state index in [9.17, 15) is 14.4 Å². The van der Waals surface area contributed by atoms with E-state index in [2.05, 4.69) is 27.2 Å². The molecule has 0 radical (unpaired) electrons. The fourth-order valence-electron chi connectivity index (χ4n) is 2.54. The van der Waals surface area contributed by atoms with Gasteiger partial charge in [0.05, 0.1) is 36.8 Å². The number of methoxy groups -OCH3 is 2. The normalized spacial score (nSPS) is 10.4. The van der Waals surface area contributed by atoms with Gasteiger partial charge in [-0.1, -0.05) is 31.5 Å². The Labute approximate surface area is 173 Å². The molecular weight excluding hydrogens is 396 g/mol. The van der Waals surface area contributed by atoms with Crippen LogP contribution in [0.4, 0.5) is 5.69 Å². The van der Waals surface area contributed by atoms with Crippen LogP contribution < -0.4 is 5.32 Å². The zero-order valence-corrected chi connectivity index (χ0v) is 17.5. The number of ether oxygens (including phenoxy) is 2. The molecule has 0 aliphatic heterocycles. The summed E-state index contributed by atoms with van der Waals surface area (Å²) in [5.41, 5.74) is 0.523. The minimum atomic E-state index is -0.625. The molecule has 2 aromatic rings. The lowest BCUT2D eigenvalue weighted by Gasteiger charge is -2.11. The van der Waals surface area contributed by atoms with Crippen LogP contribution in [-0.2, 0) is 20.8 Å². The lowest BCUT2D eigenvalue weighted by Crippen LogP contribution is -2.18. The number of hydrogen-bond acceptors (Lipinski definition) is 8. The van der Waals surface area contributed by atoms with Crippen molar-refractivity contribution >= 4 is 35.3 Å². The van der Waals surface area contributed by atoms with Crippen molar-refractivity contribution in [2.45, 2.75) is 37.9 Å². The predicted molar refractivity (Wildman–Crippen MR) is 108 cm³/mol. The average molecular weight is 420 g/mol. The molecule has 156 valence electrons. The maximum Gasteiger partial charge on any atom is 0.339 e. The number of nitrogens with one attached hydrogen (secondary N) is 1. The van der Waals surface area contributed by atoms with Crippen molar-refractivity contribution < 1.29 is 23.9 Å². The molecule has 1 N–H and O–H groups in total. The van der Waals surface area contributed by atoms with Gasteiger partial charge < -0.3 is 19.4 Å². The average Bonchev–Trinajstić information content (AvgIpc) is 3.18. The molecule has 0 saturated heterocycles. The Hall–Kier alpha value is -2.88. The van der Waals surface area contributed by atoms with Crippen LogP contribution in [0.1, 0.15) is 46.9 Å². The zero-order chi connectivity index (χ0) is 21.2. The number of esters is 2. The van der Waals surface area contributed by atoms with Crippen LogP contribution in [-0.4, -0.2) is 52.6 Å². The maximum absolute atomic E-state index is 12.4. The summed E-state index contributed by atoms with van der Waals surface area (Å²) >= 11 is 1.24. The first-order chi connectivity index (χ1) is 14.0. The van der Waals surface area contributed by atoms with Crippen molar-refractivity contribution in [1.82, 2.24) is 14.8 Å². The van der Waals surface area contributed by atoms with E-state index in [1.807, 2.05) is 4.57 Å². The molecular formula is C19H24N4O5S. The van der Waals surface area contributed by atoms with Crippen molar-refractivity contribution in [3.05, 3.63) is 35.7 Å². The number of thioether (sulfide) groups is 1. The molecule has 0 aliphatic rings. The number of aryl methyl sites for hydroxylation is 1. The van der Waals surface area contributed by atoms with Gasteiger partial charge >= 0.3 is 11.9 Å². The zero-order valence-electron chi connectivity index (χ0n) is 16.6. The predicted octanol–water partition coefficient (Wildman–Crippen LogP) is 2.77. The van der Waals surface area contributed by atoms with E-state index in [4.69, 9.17) is 4.74 Å². The standard InChI is InChI=1S/C19H24N4O5S/c1-4-5-6-9-23-12-20-22-19(23)29-11-16(24)21-15-10-13(17(25)27-2)7-8-14(15)18(26)28-3/h7-8,10,12H,4-6,9,11H2,1-3H3,(H,21,24). The van der Waals surface area contributed by atoms with E-state index in [0.717, 1.165) is 25.8 Å². The summed E-state index contributed by atoms with van der Waals surface area (Å²) in [6, 6.07) is 4.22. The molecule has 1 aromatic heterocycles. The van der Waals surface area contributed by atoms with Crippen molar-refractivity contribution in [3.8, 4) is 0 Å². The van der Waals surface area contributed by atoms with E-state index in [-0.39, 0.29) is 28.5 Å². The van der Waals surface area contributed by atoms with Gasteiger partial charge in [0.25, 0.3) is 0 Å². The van der Waals surface area contributed by atoms with Crippen LogP contribution in [0, 0.1) is 0 Å². The molecule has 1 aromatic carbocycles. The van der Waals surface area contributed by atoms with Crippen LogP contribution in [0.15, 0.2) is 29.7 Å². The number of hydrogen-bond donors (Lipinski definition) is 1. The molecule has 2 rings (SSSR count). The van der Waals surface area contributed by atoms with Crippen molar-refractivity contribution in [3.63, 3.8) is 0 Å². The fraction of sp³-hybridized carbons (Fsp3) is 0.421. The number of carbonyl (C=O) groups excluding carboxylic acids is 3. The highest BCUT2D eigenvalue weighted by Crippen LogP contribution is 2.21. The SMILES string of the molecule is CCCCCn1cnnc1SCC(=O)Nc1cc(C(=O)OC)ccc1C(=O)OC. The smallest absolute Gasteiger partial charge is 0.339 e. The summed E-state index contributed by atoms with van der Waals surface area (Å²) in [5.74, 6) is -1.49. The summed E-state index contributed by atoms with van der Waals surface area (Å²) < 4.78 is 11.3. The van der Waals surface area contributed by atoms with E-state index >= 15 is 0 Å². The highest BCUT2D eigenvalue weighted by Gasteiger charge is 2.18. The number of anilines is 1.